The molecule has 0 amide bonds. The number of aromatic amines is 1. The average Bonchev–Trinajstić information content (AvgIpc) is 3.12. The van der Waals surface area contributed by atoms with Gasteiger partial charge in [0, 0.05) is 17.8 Å². The molecule has 0 spiro atoms. The first-order chi connectivity index (χ1) is 13.7. The summed E-state index contributed by atoms with van der Waals surface area (Å²) in [6, 6.07) is 13.8. The summed E-state index contributed by atoms with van der Waals surface area (Å²) in [5, 5.41) is 13.7. The zero-order valence-electron chi connectivity index (χ0n) is 15.9. The number of nitrogens with zero attached hydrogens (tertiary/aromatic N) is 3. The van der Waals surface area contributed by atoms with Crippen LogP contribution in [0.15, 0.2) is 42.5 Å². The summed E-state index contributed by atoms with van der Waals surface area (Å²) in [5.41, 5.74) is 2.07. The number of hydrogen-bond donors (Lipinski definition) is 3. The fourth-order valence-corrected chi connectivity index (χ4v) is 3.07. The zero-order chi connectivity index (χ0) is 19.2. The highest BCUT2D eigenvalue weighted by atomic mass is 16.5. The largest absolute Gasteiger partial charge is 0.474 e. The Morgan fingerprint density at radius 1 is 1.04 bits per heavy atom. The second-order valence-corrected chi connectivity index (χ2v) is 6.82. The van der Waals surface area contributed by atoms with Gasteiger partial charge < -0.3 is 15.4 Å². The minimum Gasteiger partial charge on any atom is -0.474 e. The first-order valence-electron chi connectivity index (χ1n) is 9.53. The topological polar surface area (TPSA) is 87.8 Å². The van der Waals surface area contributed by atoms with Gasteiger partial charge in [-0.2, -0.15) is 10.1 Å². The fraction of sp³-hybridized carbons (Fsp3) is 0.286. The van der Waals surface area contributed by atoms with Gasteiger partial charge in [-0.25, -0.2) is 4.98 Å². The second kappa shape index (κ2) is 8.67. The Morgan fingerprint density at radius 3 is 2.61 bits per heavy atom. The number of aryl methyl sites for hydroxylation is 1. The smallest absolute Gasteiger partial charge is 0.219 e. The van der Waals surface area contributed by atoms with E-state index in [9.17, 15) is 0 Å². The van der Waals surface area contributed by atoms with Crippen LogP contribution >= 0.6 is 0 Å². The fourth-order valence-electron chi connectivity index (χ4n) is 3.07. The molecule has 4 rings (SSSR count). The first-order valence-corrected chi connectivity index (χ1v) is 9.53. The van der Waals surface area contributed by atoms with Crippen LogP contribution in [0.5, 0.6) is 5.88 Å². The highest BCUT2D eigenvalue weighted by molar-refractivity contribution is 5.67. The predicted molar refractivity (Wildman–Crippen MR) is 111 cm³/mol. The third-order valence-electron chi connectivity index (χ3n) is 4.48. The van der Waals surface area contributed by atoms with Crippen LogP contribution in [0.1, 0.15) is 29.9 Å². The number of aromatic nitrogens is 4. The lowest BCUT2D eigenvalue weighted by molar-refractivity contribution is 0.155. The van der Waals surface area contributed by atoms with Crippen molar-refractivity contribution in [3.8, 4) is 5.88 Å². The molecule has 3 N–H and O–H groups in total. The minimum atomic E-state index is 0.169. The van der Waals surface area contributed by atoms with Gasteiger partial charge in [0.05, 0.1) is 0 Å². The van der Waals surface area contributed by atoms with E-state index in [2.05, 4.69) is 30.8 Å². The minimum absolute atomic E-state index is 0.169. The molecule has 3 aromatic rings. The van der Waals surface area contributed by atoms with E-state index >= 15 is 0 Å². The number of anilines is 2. The molecule has 3 heterocycles. The summed E-state index contributed by atoms with van der Waals surface area (Å²) in [5.74, 6) is 2.52. The molecule has 28 heavy (non-hydrogen) atoms. The van der Waals surface area contributed by atoms with Crippen molar-refractivity contribution in [2.45, 2.75) is 25.9 Å². The molecule has 0 aliphatic carbocycles. The summed E-state index contributed by atoms with van der Waals surface area (Å²) in [6.45, 7) is 3.89. The third-order valence-corrected chi connectivity index (χ3v) is 4.48. The molecule has 0 radical (unpaired) electrons. The number of H-pyrrole nitrogens is 1. The number of benzene rings is 1. The maximum absolute atomic E-state index is 6.14. The van der Waals surface area contributed by atoms with Gasteiger partial charge >= 0.3 is 0 Å². The molecule has 1 saturated heterocycles. The van der Waals surface area contributed by atoms with Gasteiger partial charge in [0.25, 0.3) is 0 Å². The second-order valence-electron chi connectivity index (χ2n) is 6.82. The molecule has 144 valence electrons. The molecule has 0 saturated carbocycles. The Labute approximate surface area is 164 Å². The lowest BCUT2D eigenvalue weighted by Gasteiger charge is -2.23. The van der Waals surface area contributed by atoms with Crippen LogP contribution in [-0.2, 0) is 0 Å². The van der Waals surface area contributed by atoms with E-state index in [-0.39, 0.29) is 6.10 Å². The highest BCUT2D eigenvalue weighted by Crippen LogP contribution is 2.21. The molecular weight excluding hydrogens is 352 g/mol. The van der Waals surface area contributed by atoms with Gasteiger partial charge in [-0.1, -0.05) is 36.4 Å². The van der Waals surface area contributed by atoms with Gasteiger partial charge in [-0.3, -0.25) is 5.10 Å². The molecule has 1 aliphatic rings. The van der Waals surface area contributed by atoms with E-state index in [0.717, 1.165) is 37.2 Å². The lowest BCUT2D eigenvalue weighted by atomic mass is 10.1. The number of hydrogen-bond acceptors (Lipinski definition) is 6. The summed E-state index contributed by atoms with van der Waals surface area (Å²) < 4.78 is 6.14. The van der Waals surface area contributed by atoms with Crippen molar-refractivity contribution in [2.24, 2.45) is 0 Å². The number of nitrogens with one attached hydrogen (secondary N) is 3. The lowest BCUT2D eigenvalue weighted by Crippen LogP contribution is -2.34. The van der Waals surface area contributed by atoms with Crippen LogP contribution in [0.2, 0.25) is 0 Å². The predicted octanol–water partition coefficient (Wildman–Crippen LogP) is 3.55. The van der Waals surface area contributed by atoms with E-state index in [1.165, 1.54) is 0 Å². The van der Waals surface area contributed by atoms with Gasteiger partial charge in [-0.15, -0.1) is 0 Å². The van der Waals surface area contributed by atoms with Crippen LogP contribution in [0.3, 0.4) is 0 Å². The molecule has 2 aromatic heterocycles. The third kappa shape index (κ3) is 4.95. The molecule has 1 aromatic carbocycles. The summed E-state index contributed by atoms with van der Waals surface area (Å²) in [7, 11) is 0. The monoisotopic (exact) mass is 376 g/mol. The maximum Gasteiger partial charge on any atom is 0.219 e. The Morgan fingerprint density at radius 2 is 1.86 bits per heavy atom. The van der Waals surface area contributed by atoms with E-state index in [1.54, 1.807) is 0 Å². The Balaban J connectivity index is 1.58. The van der Waals surface area contributed by atoms with Crippen molar-refractivity contribution in [3.05, 3.63) is 59.5 Å². The Kier molecular flexibility index (Phi) is 5.63. The van der Waals surface area contributed by atoms with E-state index < -0.39 is 0 Å². The molecule has 0 bridgehead atoms. The van der Waals surface area contributed by atoms with E-state index in [0.29, 0.717) is 23.3 Å². The molecule has 7 nitrogen and oxygen atoms in total. The zero-order valence-corrected chi connectivity index (χ0v) is 15.9. The SMILES string of the molecule is Cc1cc(Nc2cc(OC3CCNCC3)nc(C=Cc3ccccc3)n2)n[nH]1. The molecule has 1 fully saturated rings. The summed E-state index contributed by atoms with van der Waals surface area (Å²) >= 11 is 0. The standard InChI is InChI=1S/C21H24N6O/c1-15-13-20(27-26-15)24-19-14-21(28-17-9-11-22-12-10-17)25-18(23-19)8-7-16-5-3-2-4-6-16/h2-8,13-14,17,22H,9-12H2,1H3,(H2,23,24,25,26,27). The number of piperidine rings is 1. The normalized spacial score (nSPS) is 15.0. The van der Waals surface area contributed by atoms with Crippen LogP contribution in [0.25, 0.3) is 12.2 Å². The first kappa shape index (κ1) is 18.2. The van der Waals surface area contributed by atoms with Crippen molar-refractivity contribution >= 4 is 23.8 Å². The number of rotatable bonds is 6. The Bertz CT molecular complexity index is 931. The number of ether oxygens (including phenoxy) is 1. The molecular formula is C21H24N6O. The van der Waals surface area contributed by atoms with Gasteiger partial charge in [0.15, 0.2) is 11.6 Å². The van der Waals surface area contributed by atoms with E-state index in [1.807, 2.05) is 61.5 Å². The maximum atomic E-state index is 6.14. The van der Waals surface area contributed by atoms with Crippen LogP contribution in [0.4, 0.5) is 11.6 Å². The van der Waals surface area contributed by atoms with Crippen LogP contribution in [-0.4, -0.2) is 39.4 Å². The summed E-state index contributed by atoms with van der Waals surface area (Å²) in [6.07, 6.45) is 6.00. The highest BCUT2D eigenvalue weighted by Gasteiger charge is 2.16. The Hall–Kier alpha value is -3.19. The van der Waals surface area contributed by atoms with Crippen LogP contribution < -0.4 is 15.4 Å². The molecule has 0 atom stereocenters. The molecule has 0 unspecified atom stereocenters. The van der Waals surface area contributed by atoms with Crippen molar-refractivity contribution < 1.29 is 4.74 Å². The van der Waals surface area contributed by atoms with Crippen molar-refractivity contribution in [1.29, 1.82) is 0 Å². The average molecular weight is 376 g/mol. The van der Waals surface area contributed by atoms with Crippen LogP contribution in [0, 0.1) is 6.92 Å². The van der Waals surface area contributed by atoms with Crippen molar-refractivity contribution in [3.63, 3.8) is 0 Å². The van der Waals surface area contributed by atoms with Gasteiger partial charge in [-0.05, 0) is 44.5 Å². The van der Waals surface area contributed by atoms with Gasteiger partial charge in [0.2, 0.25) is 5.88 Å². The van der Waals surface area contributed by atoms with Crippen molar-refractivity contribution in [2.75, 3.05) is 18.4 Å². The molecule has 7 heteroatoms. The summed E-state index contributed by atoms with van der Waals surface area (Å²) in [4.78, 5) is 9.17. The molecule has 1 aliphatic heterocycles. The van der Waals surface area contributed by atoms with E-state index in [4.69, 9.17) is 4.74 Å². The quantitative estimate of drug-likeness (QED) is 0.610. The van der Waals surface area contributed by atoms with Crippen molar-refractivity contribution in [1.82, 2.24) is 25.5 Å². The van der Waals surface area contributed by atoms with Gasteiger partial charge in [0.1, 0.15) is 11.9 Å².